The zero-order valence-corrected chi connectivity index (χ0v) is 10.5. The van der Waals surface area contributed by atoms with Crippen LogP contribution in [-0.2, 0) is 6.42 Å². The van der Waals surface area contributed by atoms with Gasteiger partial charge in [-0.25, -0.2) is 0 Å². The smallest absolute Gasteiger partial charge is 0.138 e. The Kier molecular flexibility index (Phi) is 3.42. The number of benzene rings is 1. The molecule has 1 aromatic carbocycles. The van der Waals surface area contributed by atoms with Gasteiger partial charge in [0, 0.05) is 24.6 Å². The summed E-state index contributed by atoms with van der Waals surface area (Å²) in [5, 5.41) is 4.14. The van der Waals surface area contributed by atoms with Gasteiger partial charge in [0.2, 0.25) is 0 Å². The average molecular weight is 242 g/mol. The van der Waals surface area contributed by atoms with Crippen LogP contribution in [0.1, 0.15) is 18.6 Å². The molecular formula is C15H18N2O. The van der Waals surface area contributed by atoms with Crippen LogP contribution in [0.15, 0.2) is 40.9 Å². The van der Waals surface area contributed by atoms with Crippen molar-refractivity contribution in [3.63, 3.8) is 0 Å². The predicted molar refractivity (Wildman–Crippen MR) is 71.3 cm³/mol. The summed E-state index contributed by atoms with van der Waals surface area (Å²) in [5.74, 6) is 0.987. The third kappa shape index (κ3) is 2.62. The van der Waals surface area contributed by atoms with Gasteiger partial charge in [-0.2, -0.15) is 0 Å². The lowest BCUT2D eigenvalue weighted by Crippen LogP contribution is -2.21. The van der Waals surface area contributed by atoms with Gasteiger partial charge in [-0.3, -0.25) is 0 Å². The largest absolute Gasteiger partial charge is 0.361 e. The zero-order valence-electron chi connectivity index (χ0n) is 10.5. The molecule has 18 heavy (non-hydrogen) atoms. The Labute approximate surface area is 107 Å². The van der Waals surface area contributed by atoms with E-state index >= 15 is 0 Å². The van der Waals surface area contributed by atoms with Crippen LogP contribution in [0.4, 0.5) is 0 Å². The Bertz CT molecular complexity index is 486. The van der Waals surface area contributed by atoms with E-state index in [0.29, 0.717) is 0 Å². The first-order valence-corrected chi connectivity index (χ1v) is 6.65. The van der Waals surface area contributed by atoms with Gasteiger partial charge in [-0.1, -0.05) is 35.5 Å². The lowest BCUT2D eigenvalue weighted by molar-refractivity contribution is 0.315. The number of aromatic nitrogens is 1. The van der Waals surface area contributed by atoms with Crippen LogP contribution in [0.5, 0.6) is 0 Å². The van der Waals surface area contributed by atoms with Gasteiger partial charge in [-0.05, 0) is 25.9 Å². The summed E-state index contributed by atoms with van der Waals surface area (Å²) in [4.78, 5) is 2.49. The van der Waals surface area contributed by atoms with Gasteiger partial charge < -0.3 is 9.42 Å². The molecule has 0 saturated carbocycles. The van der Waals surface area contributed by atoms with Crippen LogP contribution >= 0.6 is 0 Å². The highest BCUT2D eigenvalue weighted by molar-refractivity contribution is 5.58. The van der Waals surface area contributed by atoms with E-state index in [9.17, 15) is 0 Å². The van der Waals surface area contributed by atoms with Crippen LogP contribution < -0.4 is 0 Å². The minimum atomic E-state index is 0.937. The number of nitrogens with zero attached hydrogens (tertiary/aromatic N) is 2. The summed E-state index contributed by atoms with van der Waals surface area (Å²) in [6, 6.07) is 12.2. The molecule has 0 radical (unpaired) electrons. The molecule has 0 atom stereocenters. The molecule has 0 amide bonds. The Balaban J connectivity index is 1.63. The van der Waals surface area contributed by atoms with Crippen molar-refractivity contribution in [2.75, 3.05) is 19.6 Å². The lowest BCUT2D eigenvalue weighted by Gasteiger charge is -2.12. The zero-order chi connectivity index (χ0) is 12.2. The van der Waals surface area contributed by atoms with Gasteiger partial charge in [0.05, 0.1) is 0 Å². The fourth-order valence-electron chi connectivity index (χ4n) is 2.45. The van der Waals surface area contributed by atoms with Crippen molar-refractivity contribution >= 4 is 0 Å². The van der Waals surface area contributed by atoms with E-state index in [-0.39, 0.29) is 0 Å². The molecular weight excluding hydrogens is 224 g/mol. The van der Waals surface area contributed by atoms with Gasteiger partial charge in [0.15, 0.2) is 0 Å². The van der Waals surface area contributed by atoms with Crippen LogP contribution in [-0.4, -0.2) is 29.7 Å². The number of rotatable bonds is 4. The van der Waals surface area contributed by atoms with E-state index in [1.54, 1.807) is 0 Å². The molecule has 0 unspecified atom stereocenters. The van der Waals surface area contributed by atoms with Gasteiger partial charge in [0.25, 0.3) is 0 Å². The first-order chi connectivity index (χ1) is 8.92. The normalized spacial score (nSPS) is 16.2. The molecule has 0 aliphatic carbocycles. The molecule has 1 aromatic heterocycles. The van der Waals surface area contributed by atoms with Crippen molar-refractivity contribution in [3.8, 4) is 11.3 Å². The summed E-state index contributed by atoms with van der Waals surface area (Å²) in [7, 11) is 0. The van der Waals surface area contributed by atoms with Gasteiger partial charge in [-0.15, -0.1) is 0 Å². The van der Waals surface area contributed by atoms with Crippen molar-refractivity contribution in [2.24, 2.45) is 0 Å². The van der Waals surface area contributed by atoms with Crippen molar-refractivity contribution in [3.05, 3.63) is 42.2 Å². The molecule has 1 aliphatic rings. The molecule has 1 saturated heterocycles. The number of hydrogen-bond donors (Lipinski definition) is 0. The van der Waals surface area contributed by atoms with E-state index < -0.39 is 0 Å². The molecule has 2 heterocycles. The van der Waals surface area contributed by atoms with Crippen LogP contribution in [0.25, 0.3) is 11.3 Å². The highest BCUT2D eigenvalue weighted by Gasteiger charge is 2.12. The molecule has 1 aliphatic heterocycles. The average Bonchev–Trinajstić information content (AvgIpc) is 3.09. The Morgan fingerprint density at radius 2 is 1.89 bits per heavy atom. The summed E-state index contributed by atoms with van der Waals surface area (Å²) in [6.07, 6.45) is 3.64. The molecule has 1 fully saturated rings. The highest BCUT2D eigenvalue weighted by Crippen LogP contribution is 2.19. The lowest BCUT2D eigenvalue weighted by atomic mass is 10.1. The third-order valence-electron chi connectivity index (χ3n) is 3.50. The first kappa shape index (κ1) is 11.5. The minimum absolute atomic E-state index is 0.937. The summed E-state index contributed by atoms with van der Waals surface area (Å²) >= 11 is 0. The van der Waals surface area contributed by atoms with Crippen LogP contribution in [0.2, 0.25) is 0 Å². The molecule has 0 spiro atoms. The van der Waals surface area contributed by atoms with Crippen molar-refractivity contribution in [1.29, 1.82) is 0 Å². The number of hydrogen-bond acceptors (Lipinski definition) is 3. The van der Waals surface area contributed by atoms with Crippen molar-refractivity contribution < 1.29 is 4.52 Å². The first-order valence-electron chi connectivity index (χ1n) is 6.65. The van der Waals surface area contributed by atoms with E-state index in [2.05, 4.69) is 28.3 Å². The van der Waals surface area contributed by atoms with Gasteiger partial charge in [0.1, 0.15) is 11.5 Å². The molecule has 3 nitrogen and oxygen atoms in total. The maximum Gasteiger partial charge on any atom is 0.138 e. The van der Waals surface area contributed by atoms with E-state index in [1.807, 2.05) is 18.2 Å². The Morgan fingerprint density at radius 3 is 2.67 bits per heavy atom. The molecule has 2 aromatic rings. The second-order valence-electron chi connectivity index (χ2n) is 4.84. The molecule has 94 valence electrons. The Hall–Kier alpha value is -1.61. The van der Waals surface area contributed by atoms with E-state index in [4.69, 9.17) is 4.52 Å². The fourth-order valence-corrected chi connectivity index (χ4v) is 2.45. The van der Waals surface area contributed by atoms with Crippen LogP contribution in [0, 0.1) is 0 Å². The second-order valence-corrected chi connectivity index (χ2v) is 4.84. The highest BCUT2D eigenvalue weighted by atomic mass is 16.5. The second kappa shape index (κ2) is 5.36. The Morgan fingerprint density at radius 1 is 1.11 bits per heavy atom. The minimum Gasteiger partial charge on any atom is -0.361 e. The van der Waals surface area contributed by atoms with Gasteiger partial charge >= 0.3 is 0 Å². The standard InChI is InChI=1S/C15H18N2O/c1-2-6-13(7-3-1)15-12-14(18-16-15)8-11-17-9-4-5-10-17/h1-3,6-7,12H,4-5,8-11H2. The fraction of sp³-hybridized carbons (Fsp3) is 0.400. The third-order valence-corrected chi connectivity index (χ3v) is 3.50. The molecule has 3 heteroatoms. The summed E-state index contributed by atoms with van der Waals surface area (Å²) < 4.78 is 5.40. The van der Waals surface area contributed by atoms with Crippen molar-refractivity contribution in [2.45, 2.75) is 19.3 Å². The van der Waals surface area contributed by atoms with Crippen LogP contribution in [0.3, 0.4) is 0 Å². The monoisotopic (exact) mass is 242 g/mol. The molecule has 0 bridgehead atoms. The van der Waals surface area contributed by atoms with E-state index in [1.165, 1.54) is 25.9 Å². The summed E-state index contributed by atoms with van der Waals surface area (Å²) in [6.45, 7) is 3.56. The predicted octanol–water partition coefficient (Wildman–Crippen LogP) is 2.98. The topological polar surface area (TPSA) is 29.3 Å². The maximum absolute atomic E-state index is 5.40. The van der Waals surface area contributed by atoms with Crippen molar-refractivity contribution in [1.82, 2.24) is 10.1 Å². The maximum atomic E-state index is 5.40. The summed E-state index contributed by atoms with van der Waals surface area (Å²) in [5.41, 5.74) is 2.06. The quantitative estimate of drug-likeness (QED) is 0.825. The van der Waals surface area contributed by atoms with E-state index in [0.717, 1.165) is 30.0 Å². The molecule has 0 N–H and O–H groups in total. The molecule has 3 rings (SSSR count). The number of likely N-dealkylation sites (tertiary alicyclic amines) is 1. The SMILES string of the molecule is c1ccc(-c2cc(CCN3CCCC3)on2)cc1.